The van der Waals surface area contributed by atoms with E-state index in [1.165, 1.54) is 6.26 Å². The van der Waals surface area contributed by atoms with Crippen LogP contribution >= 0.6 is 0 Å². The zero-order valence-corrected chi connectivity index (χ0v) is 12.7. The first-order valence-corrected chi connectivity index (χ1v) is 8.33. The molecule has 1 atom stereocenters. The molecule has 20 heavy (non-hydrogen) atoms. The summed E-state index contributed by atoms with van der Waals surface area (Å²) in [6, 6.07) is 6.89. The van der Waals surface area contributed by atoms with Crippen LogP contribution in [0, 0.1) is 0 Å². The molecule has 1 heterocycles. The van der Waals surface area contributed by atoms with Crippen LogP contribution in [0.25, 0.3) is 0 Å². The Kier molecular flexibility index (Phi) is 4.25. The molecule has 2 aromatic rings. The second-order valence-corrected chi connectivity index (χ2v) is 6.74. The molecule has 1 N–H and O–H groups in total. The Labute approximate surface area is 119 Å². The van der Waals surface area contributed by atoms with Gasteiger partial charge in [-0.15, -0.1) is 0 Å². The van der Waals surface area contributed by atoms with Crippen molar-refractivity contribution in [3.05, 3.63) is 48.0 Å². The fourth-order valence-corrected chi connectivity index (χ4v) is 2.76. The topological polar surface area (TPSA) is 64.0 Å². The molecule has 0 radical (unpaired) electrons. The van der Waals surface area contributed by atoms with Crippen molar-refractivity contribution in [2.75, 3.05) is 12.8 Å². The summed E-state index contributed by atoms with van der Waals surface area (Å²) in [4.78, 5) is 4.69. The van der Waals surface area contributed by atoms with Crippen LogP contribution in [0.15, 0.2) is 41.6 Å². The second kappa shape index (κ2) is 5.76. The molecule has 0 amide bonds. The zero-order valence-electron chi connectivity index (χ0n) is 11.9. The van der Waals surface area contributed by atoms with Gasteiger partial charge < -0.3 is 9.88 Å². The normalized spacial score (nSPS) is 13.3. The highest BCUT2D eigenvalue weighted by molar-refractivity contribution is 7.90. The summed E-state index contributed by atoms with van der Waals surface area (Å²) in [7, 11) is -1.22. The Morgan fingerprint density at radius 3 is 2.40 bits per heavy atom. The predicted molar refractivity (Wildman–Crippen MR) is 78.3 cm³/mol. The molecule has 0 fully saturated rings. The maximum absolute atomic E-state index is 11.5. The predicted octanol–water partition coefficient (Wildman–Crippen LogP) is 1.52. The molecule has 0 spiro atoms. The van der Waals surface area contributed by atoms with Gasteiger partial charge in [-0.25, -0.2) is 13.4 Å². The lowest BCUT2D eigenvalue weighted by Gasteiger charge is -2.18. The Balaban J connectivity index is 2.38. The van der Waals surface area contributed by atoms with Crippen molar-refractivity contribution in [2.24, 2.45) is 7.05 Å². The van der Waals surface area contributed by atoms with Gasteiger partial charge in [0.05, 0.1) is 10.9 Å². The summed E-state index contributed by atoms with van der Waals surface area (Å²) in [5.74, 6) is 0.902. The standard InChI is InChI=1S/C14H19N3O2S/c1-4-15-13(14-16-9-10-17(14)2)11-5-7-12(8-6-11)20(3,18)19/h5-10,13,15H,4H2,1-3H3. The number of hydrogen-bond acceptors (Lipinski definition) is 4. The van der Waals surface area contributed by atoms with Crippen molar-refractivity contribution >= 4 is 9.84 Å². The Hall–Kier alpha value is -1.66. The molecule has 1 aromatic carbocycles. The van der Waals surface area contributed by atoms with Crippen LogP contribution in [0.5, 0.6) is 0 Å². The first-order valence-electron chi connectivity index (χ1n) is 6.44. The van der Waals surface area contributed by atoms with Crippen LogP contribution in [0.4, 0.5) is 0 Å². The number of hydrogen-bond donors (Lipinski definition) is 1. The molecule has 1 aromatic heterocycles. The molecular formula is C14H19N3O2S. The van der Waals surface area contributed by atoms with Crippen LogP contribution in [-0.4, -0.2) is 30.8 Å². The van der Waals surface area contributed by atoms with Gasteiger partial charge in [0.1, 0.15) is 5.82 Å². The van der Waals surface area contributed by atoms with Gasteiger partial charge in [-0.1, -0.05) is 19.1 Å². The fourth-order valence-electron chi connectivity index (χ4n) is 2.13. The molecule has 1 unspecified atom stereocenters. The lowest BCUT2D eigenvalue weighted by Crippen LogP contribution is -2.24. The molecule has 108 valence electrons. The molecular weight excluding hydrogens is 274 g/mol. The SMILES string of the molecule is CCNC(c1ccc(S(C)(=O)=O)cc1)c1nccn1C. The Morgan fingerprint density at radius 1 is 1.30 bits per heavy atom. The highest BCUT2D eigenvalue weighted by atomic mass is 32.2. The molecule has 0 saturated heterocycles. The Bertz CT molecular complexity index is 675. The quantitative estimate of drug-likeness (QED) is 0.908. The monoisotopic (exact) mass is 293 g/mol. The molecule has 0 aliphatic heterocycles. The molecule has 0 aliphatic rings. The molecule has 0 bridgehead atoms. The number of aromatic nitrogens is 2. The smallest absolute Gasteiger partial charge is 0.175 e. The van der Waals surface area contributed by atoms with Gasteiger partial charge in [-0.3, -0.25) is 0 Å². The van der Waals surface area contributed by atoms with Crippen molar-refractivity contribution in [3.63, 3.8) is 0 Å². The summed E-state index contributed by atoms with van der Waals surface area (Å²) < 4.78 is 24.9. The van der Waals surface area contributed by atoms with Gasteiger partial charge in [0.15, 0.2) is 9.84 Å². The summed E-state index contributed by atoms with van der Waals surface area (Å²) in [6.45, 7) is 2.83. The van der Waals surface area contributed by atoms with E-state index in [0.717, 1.165) is 17.9 Å². The first-order chi connectivity index (χ1) is 9.43. The van der Waals surface area contributed by atoms with Crippen molar-refractivity contribution in [2.45, 2.75) is 17.9 Å². The van der Waals surface area contributed by atoms with E-state index in [0.29, 0.717) is 4.90 Å². The van der Waals surface area contributed by atoms with Crippen molar-refractivity contribution in [1.82, 2.24) is 14.9 Å². The maximum Gasteiger partial charge on any atom is 0.175 e. The molecule has 0 saturated carbocycles. The Morgan fingerprint density at radius 2 is 1.95 bits per heavy atom. The van der Waals surface area contributed by atoms with Crippen LogP contribution in [0.3, 0.4) is 0 Å². The lowest BCUT2D eigenvalue weighted by molar-refractivity contribution is 0.576. The van der Waals surface area contributed by atoms with Gasteiger partial charge in [0.25, 0.3) is 0 Å². The minimum Gasteiger partial charge on any atom is -0.336 e. The van der Waals surface area contributed by atoms with Crippen molar-refractivity contribution in [3.8, 4) is 0 Å². The van der Waals surface area contributed by atoms with Crippen LogP contribution in [0.2, 0.25) is 0 Å². The van der Waals surface area contributed by atoms with Crippen molar-refractivity contribution in [1.29, 1.82) is 0 Å². The van der Waals surface area contributed by atoms with Crippen LogP contribution in [0.1, 0.15) is 24.4 Å². The van der Waals surface area contributed by atoms with Gasteiger partial charge in [0, 0.05) is 25.7 Å². The van der Waals surface area contributed by atoms with E-state index < -0.39 is 9.84 Å². The van der Waals surface area contributed by atoms with Gasteiger partial charge in [0.2, 0.25) is 0 Å². The zero-order chi connectivity index (χ0) is 14.8. The summed E-state index contributed by atoms with van der Waals surface area (Å²) in [5.41, 5.74) is 0.994. The molecule has 0 aliphatic carbocycles. The van der Waals surface area contributed by atoms with Crippen molar-refractivity contribution < 1.29 is 8.42 Å². The van der Waals surface area contributed by atoms with E-state index in [1.54, 1.807) is 18.3 Å². The third-order valence-corrected chi connectivity index (χ3v) is 4.29. The number of imidazole rings is 1. The average molecular weight is 293 g/mol. The summed E-state index contributed by atoms with van der Waals surface area (Å²) in [6.07, 6.45) is 4.86. The van der Waals surface area contributed by atoms with E-state index in [4.69, 9.17) is 0 Å². The fraction of sp³-hybridized carbons (Fsp3) is 0.357. The number of nitrogens with one attached hydrogen (secondary N) is 1. The molecule has 2 rings (SSSR count). The number of sulfone groups is 1. The lowest BCUT2D eigenvalue weighted by atomic mass is 10.1. The third kappa shape index (κ3) is 3.08. The number of benzene rings is 1. The maximum atomic E-state index is 11.5. The van der Waals surface area contributed by atoms with Gasteiger partial charge in [-0.05, 0) is 24.2 Å². The largest absolute Gasteiger partial charge is 0.336 e. The van der Waals surface area contributed by atoms with E-state index >= 15 is 0 Å². The minimum atomic E-state index is -3.16. The van der Waals surface area contributed by atoms with E-state index in [2.05, 4.69) is 10.3 Å². The van der Waals surface area contributed by atoms with Crippen LogP contribution < -0.4 is 5.32 Å². The van der Waals surface area contributed by atoms with Gasteiger partial charge >= 0.3 is 0 Å². The highest BCUT2D eigenvalue weighted by Crippen LogP contribution is 2.21. The number of rotatable bonds is 5. The van der Waals surface area contributed by atoms with E-state index in [9.17, 15) is 8.42 Å². The second-order valence-electron chi connectivity index (χ2n) is 4.73. The highest BCUT2D eigenvalue weighted by Gasteiger charge is 2.17. The average Bonchev–Trinajstić information content (AvgIpc) is 2.81. The summed E-state index contributed by atoms with van der Waals surface area (Å²) >= 11 is 0. The van der Waals surface area contributed by atoms with E-state index in [-0.39, 0.29) is 6.04 Å². The molecule has 5 nitrogen and oxygen atoms in total. The third-order valence-electron chi connectivity index (χ3n) is 3.17. The number of nitrogens with zero attached hydrogens (tertiary/aromatic N) is 2. The van der Waals surface area contributed by atoms with Crippen LogP contribution in [-0.2, 0) is 16.9 Å². The van der Waals surface area contributed by atoms with Gasteiger partial charge in [-0.2, -0.15) is 0 Å². The minimum absolute atomic E-state index is 0.0476. The van der Waals surface area contributed by atoms with E-state index in [1.807, 2.05) is 36.9 Å². The first kappa shape index (κ1) is 14.7. The summed E-state index contributed by atoms with van der Waals surface area (Å²) in [5, 5.41) is 3.37. The molecule has 6 heteroatoms. The number of aryl methyl sites for hydroxylation is 1.